The number of carbonyl (C=O) groups is 1. The minimum Gasteiger partial charge on any atom is -0.385 e. The lowest BCUT2D eigenvalue weighted by Gasteiger charge is -2.04. The quantitative estimate of drug-likeness (QED) is 0.818. The highest BCUT2D eigenvalue weighted by atomic mass is 16.5. The Morgan fingerprint density at radius 1 is 1.33 bits per heavy atom. The Labute approximate surface area is 105 Å². The van der Waals surface area contributed by atoms with Gasteiger partial charge in [-0.25, -0.2) is 0 Å². The van der Waals surface area contributed by atoms with Crippen LogP contribution in [0.3, 0.4) is 0 Å². The fourth-order valence-electron chi connectivity index (χ4n) is 1.58. The van der Waals surface area contributed by atoms with E-state index < -0.39 is 0 Å². The van der Waals surface area contributed by atoms with Gasteiger partial charge >= 0.3 is 0 Å². The first-order valence-electron chi connectivity index (χ1n) is 5.79. The van der Waals surface area contributed by atoms with Crippen molar-refractivity contribution in [2.24, 2.45) is 0 Å². The first-order valence-corrected chi connectivity index (χ1v) is 5.79. The van der Waals surface area contributed by atoms with E-state index in [9.17, 15) is 4.79 Å². The van der Waals surface area contributed by atoms with Gasteiger partial charge in [0.15, 0.2) is 11.6 Å². The molecule has 2 aromatic rings. The smallest absolute Gasteiger partial charge is 0.228 e. The van der Waals surface area contributed by atoms with Crippen LogP contribution in [-0.2, 0) is 6.42 Å². The maximum absolute atomic E-state index is 11.1. The van der Waals surface area contributed by atoms with Gasteiger partial charge in [0.2, 0.25) is 5.89 Å². The van der Waals surface area contributed by atoms with Gasteiger partial charge in [0, 0.05) is 24.2 Å². The van der Waals surface area contributed by atoms with Gasteiger partial charge in [-0.3, -0.25) is 4.79 Å². The number of rotatable bonds is 5. The summed E-state index contributed by atoms with van der Waals surface area (Å²) in [5.41, 5.74) is 1.68. The summed E-state index contributed by atoms with van der Waals surface area (Å²) in [7, 11) is 0. The number of aryl methyl sites for hydroxylation is 1. The summed E-state index contributed by atoms with van der Waals surface area (Å²) in [5, 5.41) is 6.95. The van der Waals surface area contributed by atoms with Crippen LogP contribution in [-0.4, -0.2) is 22.5 Å². The largest absolute Gasteiger partial charge is 0.385 e. The van der Waals surface area contributed by atoms with Crippen molar-refractivity contribution in [3.8, 4) is 0 Å². The molecule has 0 amide bonds. The molecule has 0 atom stereocenters. The molecule has 0 aliphatic heterocycles. The average molecular weight is 245 g/mol. The van der Waals surface area contributed by atoms with Crippen molar-refractivity contribution < 1.29 is 9.32 Å². The first kappa shape index (κ1) is 12.3. The Morgan fingerprint density at radius 2 is 2.06 bits per heavy atom. The highest BCUT2D eigenvalue weighted by Crippen LogP contribution is 2.10. The zero-order chi connectivity index (χ0) is 13.0. The normalized spacial score (nSPS) is 10.3. The van der Waals surface area contributed by atoms with Crippen LogP contribution >= 0.6 is 0 Å². The van der Waals surface area contributed by atoms with Crippen molar-refractivity contribution in [2.75, 3.05) is 11.9 Å². The molecule has 94 valence electrons. The maximum Gasteiger partial charge on any atom is 0.228 e. The van der Waals surface area contributed by atoms with Gasteiger partial charge in [0.25, 0.3) is 0 Å². The van der Waals surface area contributed by atoms with E-state index in [4.69, 9.17) is 4.52 Å². The zero-order valence-electron chi connectivity index (χ0n) is 10.4. The molecule has 0 aliphatic rings. The minimum absolute atomic E-state index is 0.0721. The highest BCUT2D eigenvalue weighted by molar-refractivity contribution is 5.94. The van der Waals surface area contributed by atoms with E-state index in [1.54, 1.807) is 13.8 Å². The van der Waals surface area contributed by atoms with E-state index in [1.807, 2.05) is 24.3 Å². The lowest BCUT2D eigenvalue weighted by molar-refractivity contribution is 0.101. The molecule has 0 aliphatic carbocycles. The molecule has 1 N–H and O–H groups in total. The van der Waals surface area contributed by atoms with E-state index in [-0.39, 0.29) is 5.78 Å². The standard InChI is InChI=1S/C13H15N3O2/c1-9(17)11-3-5-12(6-4-11)14-8-7-13-15-10(2)16-18-13/h3-6,14H,7-8H2,1-2H3. The lowest BCUT2D eigenvalue weighted by Crippen LogP contribution is -2.05. The number of ketones is 1. The summed E-state index contributed by atoms with van der Waals surface area (Å²) in [4.78, 5) is 15.2. The van der Waals surface area contributed by atoms with Crippen LogP contribution in [0.4, 0.5) is 5.69 Å². The highest BCUT2D eigenvalue weighted by Gasteiger charge is 2.02. The SMILES string of the molecule is CC(=O)c1ccc(NCCc2nc(C)no2)cc1. The zero-order valence-corrected chi connectivity index (χ0v) is 10.4. The number of carbonyl (C=O) groups excluding carboxylic acids is 1. The van der Waals surface area contributed by atoms with E-state index in [1.165, 1.54) is 0 Å². The third-order valence-corrected chi connectivity index (χ3v) is 2.53. The van der Waals surface area contributed by atoms with E-state index in [0.29, 0.717) is 30.2 Å². The number of hydrogen-bond donors (Lipinski definition) is 1. The molecule has 1 aromatic carbocycles. The number of benzene rings is 1. The summed E-state index contributed by atoms with van der Waals surface area (Å²) in [6.07, 6.45) is 0.676. The van der Waals surface area contributed by atoms with Crippen LogP contribution in [0.5, 0.6) is 0 Å². The van der Waals surface area contributed by atoms with Crippen LogP contribution < -0.4 is 5.32 Å². The molecule has 1 heterocycles. The molecule has 0 saturated carbocycles. The molecular weight excluding hydrogens is 230 g/mol. The van der Waals surface area contributed by atoms with Crippen molar-refractivity contribution >= 4 is 11.5 Å². The molecule has 0 saturated heterocycles. The summed E-state index contributed by atoms with van der Waals surface area (Å²) in [6.45, 7) is 4.06. The van der Waals surface area contributed by atoms with Crippen LogP contribution in [0, 0.1) is 6.92 Å². The number of nitrogens with zero attached hydrogens (tertiary/aromatic N) is 2. The molecule has 1 aromatic heterocycles. The van der Waals surface area contributed by atoms with Gasteiger partial charge in [-0.15, -0.1) is 0 Å². The number of Topliss-reactive ketones (excluding diaryl/α,β-unsaturated/α-hetero) is 1. The maximum atomic E-state index is 11.1. The number of aromatic nitrogens is 2. The van der Waals surface area contributed by atoms with Gasteiger partial charge in [0.1, 0.15) is 0 Å². The van der Waals surface area contributed by atoms with Gasteiger partial charge in [-0.05, 0) is 38.1 Å². The summed E-state index contributed by atoms with van der Waals surface area (Å²) < 4.78 is 5.01. The Balaban J connectivity index is 1.85. The van der Waals surface area contributed by atoms with Crippen molar-refractivity contribution in [1.82, 2.24) is 10.1 Å². The summed E-state index contributed by atoms with van der Waals surface area (Å²) >= 11 is 0. The lowest BCUT2D eigenvalue weighted by atomic mass is 10.1. The van der Waals surface area contributed by atoms with Crippen LogP contribution in [0.1, 0.15) is 29.0 Å². The molecule has 5 nitrogen and oxygen atoms in total. The van der Waals surface area contributed by atoms with Gasteiger partial charge in [-0.2, -0.15) is 4.98 Å². The van der Waals surface area contributed by atoms with Gasteiger partial charge < -0.3 is 9.84 Å². The van der Waals surface area contributed by atoms with Crippen LogP contribution in [0.25, 0.3) is 0 Å². The molecule has 0 spiro atoms. The monoisotopic (exact) mass is 245 g/mol. The topological polar surface area (TPSA) is 68.0 Å². The van der Waals surface area contributed by atoms with Crippen molar-refractivity contribution in [3.63, 3.8) is 0 Å². The Hall–Kier alpha value is -2.17. The second-order valence-corrected chi connectivity index (χ2v) is 4.05. The van der Waals surface area contributed by atoms with Gasteiger partial charge in [-0.1, -0.05) is 5.16 Å². The molecule has 5 heteroatoms. The Bertz CT molecular complexity index is 531. The fourth-order valence-corrected chi connectivity index (χ4v) is 1.58. The van der Waals surface area contributed by atoms with Gasteiger partial charge in [0.05, 0.1) is 0 Å². The van der Waals surface area contributed by atoms with Crippen molar-refractivity contribution in [2.45, 2.75) is 20.3 Å². The van der Waals surface area contributed by atoms with E-state index >= 15 is 0 Å². The average Bonchev–Trinajstić information content (AvgIpc) is 2.76. The first-order chi connectivity index (χ1) is 8.65. The van der Waals surface area contributed by atoms with Crippen molar-refractivity contribution in [3.05, 3.63) is 41.5 Å². The predicted octanol–water partition coefficient (Wildman–Crippen LogP) is 2.24. The van der Waals surface area contributed by atoms with E-state index in [0.717, 1.165) is 5.69 Å². The number of nitrogens with one attached hydrogen (secondary N) is 1. The molecular formula is C13H15N3O2. The molecule has 0 bridgehead atoms. The summed E-state index contributed by atoms with van der Waals surface area (Å²) in [5.74, 6) is 1.35. The van der Waals surface area contributed by atoms with Crippen LogP contribution in [0.2, 0.25) is 0 Å². The minimum atomic E-state index is 0.0721. The Kier molecular flexibility index (Phi) is 3.72. The Morgan fingerprint density at radius 3 is 2.61 bits per heavy atom. The molecule has 2 rings (SSSR count). The second-order valence-electron chi connectivity index (χ2n) is 4.05. The fraction of sp³-hybridized carbons (Fsp3) is 0.308. The molecule has 0 radical (unpaired) electrons. The third-order valence-electron chi connectivity index (χ3n) is 2.53. The second kappa shape index (κ2) is 5.44. The predicted molar refractivity (Wildman–Crippen MR) is 67.7 cm³/mol. The van der Waals surface area contributed by atoms with Crippen molar-refractivity contribution in [1.29, 1.82) is 0 Å². The number of hydrogen-bond acceptors (Lipinski definition) is 5. The summed E-state index contributed by atoms with van der Waals surface area (Å²) in [6, 6.07) is 7.38. The van der Waals surface area contributed by atoms with Crippen LogP contribution in [0.15, 0.2) is 28.8 Å². The molecule has 0 unspecified atom stereocenters. The third kappa shape index (κ3) is 3.16. The van der Waals surface area contributed by atoms with E-state index in [2.05, 4.69) is 15.5 Å². The molecule has 18 heavy (non-hydrogen) atoms. The number of anilines is 1. The molecule has 0 fully saturated rings.